The van der Waals surface area contributed by atoms with Gasteiger partial charge in [0.05, 0.1) is 0 Å². The molecular formula is C12H17NO4. The molecule has 0 unspecified atom stereocenters. The molecule has 1 aromatic carbocycles. The zero-order chi connectivity index (χ0) is 13.4. The van der Waals surface area contributed by atoms with E-state index in [-0.39, 0.29) is 11.7 Å². The number of aliphatic carboxylic acids is 1. The second kappa shape index (κ2) is 7.40. The Balaban J connectivity index is 0.000000304. The van der Waals surface area contributed by atoms with Crippen molar-refractivity contribution in [2.75, 3.05) is 0 Å². The monoisotopic (exact) mass is 239 g/mol. The fraction of sp³-hybridized carbons (Fsp3) is 0.333. The Morgan fingerprint density at radius 2 is 2.00 bits per heavy atom. The summed E-state index contributed by atoms with van der Waals surface area (Å²) in [5, 5.41) is 17.0. The highest BCUT2D eigenvalue weighted by molar-refractivity contribution is 5.75. The third-order valence-electron chi connectivity index (χ3n) is 2.01. The van der Waals surface area contributed by atoms with Gasteiger partial charge in [-0.1, -0.05) is 26.0 Å². The third kappa shape index (κ3) is 6.32. The Bertz CT molecular complexity index is 377. The molecule has 17 heavy (non-hydrogen) atoms. The number of nitrogens with two attached hydrogens (primary N) is 1. The lowest BCUT2D eigenvalue weighted by Gasteiger charge is -2.07. The highest BCUT2D eigenvalue weighted by Gasteiger charge is 2.14. The number of rotatable bonds is 3. The summed E-state index contributed by atoms with van der Waals surface area (Å²) in [6.07, 6.45) is 0.694. The van der Waals surface area contributed by atoms with Crippen LogP contribution >= 0.6 is 0 Å². The number of carbonyl (C=O) groups is 2. The van der Waals surface area contributed by atoms with Gasteiger partial charge in [0.15, 0.2) is 0 Å². The summed E-state index contributed by atoms with van der Waals surface area (Å²) >= 11 is 0. The first-order valence-corrected chi connectivity index (χ1v) is 5.11. The molecule has 0 spiro atoms. The van der Waals surface area contributed by atoms with E-state index in [1.165, 1.54) is 12.1 Å². The Morgan fingerprint density at radius 1 is 1.41 bits per heavy atom. The summed E-state index contributed by atoms with van der Waals surface area (Å²) in [6.45, 7) is 3.55. The van der Waals surface area contributed by atoms with Crippen LogP contribution in [0.3, 0.4) is 0 Å². The van der Waals surface area contributed by atoms with Gasteiger partial charge in [-0.2, -0.15) is 0 Å². The number of phenols is 1. The molecule has 0 saturated heterocycles. The van der Waals surface area contributed by atoms with E-state index in [1.807, 2.05) is 0 Å². The fourth-order valence-corrected chi connectivity index (χ4v) is 0.883. The van der Waals surface area contributed by atoms with Gasteiger partial charge in [-0.15, -0.1) is 0 Å². The van der Waals surface area contributed by atoms with Crippen LogP contribution in [0.25, 0.3) is 0 Å². The average Bonchev–Trinajstić information content (AvgIpc) is 2.28. The van der Waals surface area contributed by atoms with E-state index in [0.717, 1.165) is 0 Å². The lowest BCUT2D eigenvalue weighted by Crippen LogP contribution is -2.34. The second-order valence-electron chi connectivity index (χ2n) is 3.82. The van der Waals surface area contributed by atoms with Crippen LogP contribution < -0.4 is 5.73 Å². The highest BCUT2D eigenvalue weighted by Crippen LogP contribution is 2.08. The SMILES string of the molecule is CC(C)[C@H](N)C(=O)O.O=Cc1cccc(O)c1. The molecule has 1 aromatic rings. The molecule has 1 rings (SSSR count). The van der Waals surface area contributed by atoms with Gasteiger partial charge >= 0.3 is 5.97 Å². The van der Waals surface area contributed by atoms with Gasteiger partial charge in [-0.3, -0.25) is 9.59 Å². The van der Waals surface area contributed by atoms with E-state index < -0.39 is 12.0 Å². The number of carboxylic acids is 1. The predicted octanol–water partition coefficient (Wildman–Crippen LogP) is 1.26. The van der Waals surface area contributed by atoms with Crippen LogP contribution in [0.15, 0.2) is 24.3 Å². The molecule has 0 aliphatic heterocycles. The van der Waals surface area contributed by atoms with E-state index in [1.54, 1.807) is 26.0 Å². The molecule has 0 saturated carbocycles. The van der Waals surface area contributed by atoms with Gasteiger partial charge < -0.3 is 15.9 Å². The Hall–Kier alpha value is -1.88. The van der Waals surface area contributed by atoms with Crippen LogP contribution in [-0.4, -0.2) is 28.5 Å². The minimum absolute atomic E-state index is 0.0208. The summed E-state index contributed by atoms with van der Waals surface area (Å²) in [5.74, 6) is -0.785. The molecule has 1 atom stereocenters. The molecule has 5 nitrogen and oxygen atoms in total. The van der Waals surface area contributed by atoms with Crippen molar-refractivity contribution >= 4 is 12.3 Å². The van der Waals surface area contributed by atoms with Gasteiger partial charge in [0.2, 0.25) is 0 Å². The molecule has 4 N–H and O–H groups in total. The van der Waals surface area contributed by atoms with Crippen LogP contribution in [-0.2, 0) is 4.79 Å². The van der Waals surface area contributed by atoms with Gasteiger partial charge in [-0.25, -0.2) is 0 Å². The van der Waals surface area contributed by atoms with Gasteiger partial charge in [0, 0.05) is 5.56 Å². The third-order valence-corrected chi connectivity index (χ3v) is 2.01. The number of hydrogen-bond donors (Lipinski definition) is 3. The lowest BCUT2D eigenvalue weighted by molar-refractivity contribution is -0.139. The van der Waals surface area contributed by atoms with Crippen molar-refractivity contribution in [1.82, 2.24) is 0 Å². The standard InChI is InChI=1S/C7H6O2.C5H11NO2/c8-5-6-2-1-3-7(9)4-6;1-3(2)4(6)5(7)8/h1-5,9H;3-4H,6H2,1-2H3,(H,7,8)/t;4-/m.0/s1. The quantitative estimate of drug-likeness (QED) is 0.689. The van der Waals surface area contributed by atoms with E-state index >= 15 is 0 Å². The highest BCUT2D eigenvalue weighted by atomic mass is 16.4. The van der Waals surface area contributed by atoms with Crippen molar-refractivity contribution in [2.45, 2.75) is 19.9 Å². The van der Waals surface area contributed by atoms with Crippen molar-refractivity contribution in [3.05, 3.63) is 29.8 Å². The fourth-order valence-electron chi connectivity index (χ4n) is 0.883. The molecule has 0 aliphatic rings. The van der Waals surface area contributed by atoms with E-state index in [9.17, 15) is 9.59 Å². The van der Waals surface area contributed by atoms with Crippen LogP contribution in [0, 0.1) is 5.92 Å². The van der Waals surface area contributed by atoms with Crippen molar-refractivity contribution in [3.63, 3.8) is 0 Å². The molecule has 0 bridgehead atoms. The summed E-state index contributed by atoms with van der Waals surface area (Å²) in [5.41, 5.74) is 5.66. The lowest BCUT2D eigenvalue weighted by atomic mass is 10.1. The van der Waals surface area contributed by atoms with Crippen molar-refractivity contribution in [2.24, 2.45) is 11.7 Å². The maximum atomic E-state index is 10.0. The smallest absolute Gasteiger partial charge is 0.320 e. The minimum atomic E-state index is -0.931. The summed E-state index contributed by atoms with van der Waals surface area (Å²) in [4.78, 5) is 20.1. The molecule has 0 heterocycles. The first kappa shape index (κ1) is 15.1. The molecule has 0 aromatic heterocycles. The predicted molar refractivity (Wildman–Crippen MR) is 63.9 cm³/mol. The molecule has 0 radical (unpaired) electrons. The number of phenolic OH excluding ortho intramolecular Hbond substituents is 1. The molecule has 0 aliphatic carbocycles. The molecule has 0 amide bonds. The van der Waals surface area contributed by atoms with E-state index in [0.29, 0.717) is 11.8 Å². The van der Waals surface area contributed by atoms with E-state index in [2.05, 4.69) is 0 Å². The van der Waals surface area contributed by atoms with Crippen LogP contribution in [0.2, 0.25) is 0 Å². The van der Waals surface area contributed by atoms with Gasteiger partial charge in [-0.05, 0) is 18.1 Å². The largest absolute Gasteiger partial charge is 0.508 e. The van der Waals surface area contributed by atoms with Crippen LogP contribution in [0.1, 0.15) is 24.2 Å². The zero-order valence-electron chi connectivity index (χ0n) is 9.83. The number of carbonyl (C=O) groups excluding carboxylic acids is 1. The van der Waals surface area contributed by atoms with E-state index in [4.69, 9.17) is 15.9 Å². The number of aldehydes is 1. The van der Waals surface area contributed by atoms with Crippen molar-refractivity contribution in [3.8, 4) is 5.75 Å². The average molecular weight is 239 g/mol. The second-order valence-corrected chi connectivity index (χ2v) is 3.82. The number of hydrogen-bond acceptors (Lipinski definition) is 4. The maximum absolute atomic E-state index is 10.0. The van der Waals surface area contributed by atoms with Crippen LogP contribution in [0.5, 0.6) is 5.75 Å². The number of benzene rings is 1. The first-order chi connectivity index (χ1) is 7.88. The Morgan fingerprint density at radius 3 is 2.24 bits per heavy atom. The summed E-state index contributed by atoms with van der Waals surface area (Å²) < 4.78 is 0. The topological polar surface area (TPSA) is 101 Å². The molecule has 94 valence electrons. The van der Waals surface area contributed by atoms with Gasteiger partial charge in [0.25, 0.3) is 0 Å². The first-order valence-electron chi connectivity index (χ1n) is 5.11. The Labute approximate surface area is 99.9 Å². The normalized spacial score (nSPS) is 11.3. The molecule has 5 heteroatoms. The van der Waals surface area contributed by atoms with Crippen molar-refractivity contribution in [1.29, 1.82) is 0 Å². The summed E-state index contributed by atoms with van der Waals surface area (Å²) in [6, 6.07) is 5.47. The van der Waals surface area contributed by atoms with Crippen molar-refractivity contribution < 1.29 is 19.8 Å². The molecular weight excluding hydrogens is 222 g/mol. The Kier molecular flexibility index (Phi) is 6.58. The number of carboxylic acid groups (broad SMARTS) is 1. The van der Waals surface area contributed by atoms with Gasteiger partial charge in [0.1, 0.15) is 18.1 Å². The zero-order valence-corrected chi connectivity index (χ0v) is 9.83. The maximum Gasteiger partial charge on any atom is 0.320 e. The van der Waals surface area contributed by atoms with Crippen LogP contribution in [0.4, 0.5) is 0 Å². The molecule has 0 fully saturated rings. The number of aromatic hydroxyl groups is 1. The summed E-state index contributed by atoms with van der Waals surface area (Å²) in [7, 11) is 0. The minimum Gasteiger partial charge on any atom is -0.508 e.